The van der Waals surface area contributed by atoms with Crippen molar-refractivity contribution in [2.75, 3.05) is 0 Å². The lowest BCUT2D eigenvalue weighted by Gasteiger charge is -2.51. The van der Waals surface area contributed by atoms with Gasteiger partial charge in [0.05, 0.1) is 5.76 Å². The average Bonchev–Trinajstić information content (AvgIpc) is 2.26. The zero-order valence-electron chi connectivity index (χ0n) is 11.9. The Labute approximate surface area is 110 Å². The van der Waals surface area contributed by atoms with Crippen LogP contribution >= 0.6 is 0 Å². The van der Waals surface area contributed by atoms with Crippen LogP contribution in [0.4, 0.5) is 0 Å². The van der Waals surface area contributed by atoms with Crippen LogP contribution in [-0.2, 0) is 4.74 Å². The number of rotatable bonds is 2. The molecular weight excluding hydrogens is 226 g/mol. The number of allylic oxidation sites excluding steroid dienone is 4. The van der Waals surface area contributed by atoms with E-state index < -0.39 is 0 Å². The second-order valence-electron chi connectivity index (χ2n) is 6.68. The predicted octanol–water partition coefficient (Wildman–Crippen LogP) is 3.65. The van der Waals surface area contributed by atoms with Crippen molar-refractivity contribution in [1.29, 1.82) is 0 Å². The normalized spacial score (nSPS) is 27.9. The van der Waals surface area contributed by atoms with Crippen molar-refractivity contribution in [2.24, 2.45) is 0 Å². The second-order valence-corrected chi connectivity index (χ2v) is 6.68. The number of hydrogen-bond acceptors (Lipinski definition) is 3. The van der Waals surface area contributed by atoms with E-state index in [9.17, 15) is 5.21 Å². The van der Waals surface area contributed by atoms with Crippen molar-refractivity contribution in [3.63, 3.8) is 0 Å². The zero-order valence-corrected chi connectivity index (χ0v) is 11.9. The SMILES string of the molecule is CC1(C)CC(OC2=CC=CCC2)CC(C)(C)N1O. The minimum atomic E-state index is -0.239. The molecule has 2 aliphatic rings. The monoisotopic (exact) mass is 251 g/mol. The van der Waals surface area contributed by atoms with Gasteiger partial charge in [-0.05, 0) is 40.2 Å². The molecule has 0 spiro atoms. The van der Waals surface area contributed by atoms with E-state index in [1.165, 1.54) is 5.06 Å². The van der Waals surface area contributed by atoms with Crippen molar-refractivity contribution < 1.29 is 9.94 Å². The van der Waals surface area contributed by atoms with Crippen LogP contribution in [0.15, 0.2) is 24.0 Å². The van der Waals surface area contributed by atoms with Crippen molar-refractivity contribution in [1.82, 2.24) is 5.06 Å². The van der Waals surface area contributed by atoms with Crippen LogP contribution in [0, 0.1) is 0 Å². The lowest BCUT2D eigenvalue weighted by molar-refractivity contribution is -0.258. The standard InChI is InChI=1S/C15H25NO2/c1-14(2)10-13(11-15(3,4)16(14)17)18-12-8-6-5-7-9-12/h5-6,8,13,17H,7,9-11H2,1-4H3. The molecule has 0 aromatic heterocycles. The van der Waals surface area contributed by atoms with E-state index in [0.717, 1.165) is 31.4 Å². The fourth-order valence-electron chi connectivity index (χ4n) is 3.15. The van der Waals surface area contributed by atoms with E-state index in [1.54, 1.807) is 0 Å². The lowest BCUT2D eigenvalue weighted by Crippen LogP contribution is -2.60. The molecule has 0 unspecified atom stereocenters. The maximum Gasteiger partial charge on any atom is 0.102 e. The summed E-state index contributed by atoms with van der Waals surface area (Å²) in [6.07, 6.45) is 10.3. The van der Waals surface area contributed by atoms with E-state index in [0.29, 0.717) is 0 Å². The van der Waals surface area contributed by atoms with Gasteiger partial charge in [-0.2, -0.15) is 5.06 Å². The first-order chi connectivity index (χ1) is 8.31. The molecule has 0 saturated carbocycles. The molecule has 3 nitrogen and oxygen atoms in total. The first-order valence-corrected chi connectivity index (χ1v) is 6.83. The quantitative estimate of drug-likeness (QED) is 0.813. The summed E-state index contributed by atoms with van der Waals surface area (Å²) in [4.78, 5) is 0. The predicted molar refractivity (Wildman–Crippen MR) is 72.3 cm³/mol. The summed E-state index contributed by atoms with van der Waals surface area (Å²) in [6.45, 7) is 8.28. The molecule has 0 aromatic carbocycles. The number of hydrogen-bond donors (Lipinski definition) is 1. The summed E-state index contributed by atoms with van der Waals surface area (Å²) in [5.41, 5.74) is -0.477. The van der Waals surface area contributed by atoms with Gasteiger partial charge < -0.3 is 9.94 Å². The van der Waals surface area contributed by atoms with Crippen LogP contribution < -0.4 is 0 Å². The molecule has 0 radical (unpaired) electrons. The van der Waals surface area contributed by atoms with E-state index >= 15 is 0 Å². The van der Waals surface area contributed by atoms with Crippen LogP contribution in [-0.4, -0.2) is 27.5 Å². The van der Waals surface area contributed by atoms with Crippen LogP contribution in [0.2, 0.25) is 0 Å². The smallest absolute Gasteiger partial charge is 0.102 e. The maximum atomic E-state index is 10.2. The molecule has 3 heteroatoms. The van der Waals surface area contributed by atoms with E-state index in [2.05, 4.69) is 45.9 Å². The molecule has 1 aliphatic heterocycles. The Hall–Kier alpha value is -0.800. The molecule has 18 heavy (non-hydrogen) atoms. The van der Waals surface area contributed by atoms with Gasteiger partial charge in [0.25, 0.3) is 0 Å². The zero-order chi connectivity index (χ0) is 13.4. The van der Waals surface area contributed by atoms with Crippen LogP contribution in [0.5, 0.6) is 0 Å². The van der Waals surface area contributed by atoms with Gasteiger partial charge in [0.2, 0.25) is 0 Å². The van der Waals surface area contributed by atoms with Crippen LogP contribution in [0.3, 0.4) is 0 Å². The number of nitrogens with zero attached hydrogens (tertiary/aromatic N) is 1. The van der Waals surface area contributed by atoms with Crippen molar-refractivity contribution >= 4 is 0 Å². The molecule has 1 N–H and O–H groups in total. The molecule has 0 aromatic rings. The molecule has 1 heterocycles. The Morgan fingerprint density at radius 1 is 1.22 bits per heavy atom. The average molecular weight is 251 g/mol. The Balaban J connectivity index is 2.06. The van der Waals surface area contributed by atoms with Crippen molar-refractivity contribution in [3.05, 3.63) is 24.0 Å². The Morgan fingerprint density at radius 3 is 2.33 bits per heavy atom. The Kier molecular flexibility index (Phi) is 3.56. The summed E-state index contributed by atoms with van der Waals surface area (Å²) in [7, 11) is 0. The highest BCUT2D eigenvalue weighted by Crippen LogP contribution is 2.38. The van der Waals surface area contributed by atoms with Gasteiger partial charge in [0.1, 0.15) is 6.10 Å². The van der Waals surface area contributed by atoms with Gasteiger partial charge in [-0.3, -0.25) is 0 Å². The highest BCUT2D eigenvalue weighted by Gasteiger charge is 2.45. The summed E-state index contributed by atoms with van der Waals surface area (Å²) in [6, 6.07) is 0. The van der Waals surface area contributed by atoms with E-state index in [-0.39, 0.29) is 17.2 Å². The summed E-state index contributed by atoms with van der Waals surface area (Å²) in [5.74, 6) is 1.08. The number of hydroxylamine groups is 2. The second kappa shape index (κ2) is 4.71. The lowest BCUT2D eigenvalue weighted by atomic mass is 9.80. The topological polar surface area (TPSA) is 32.7 Å². The maximum absolute atomic E-state index is 10.2. The third-order valence-corrected chi connectivity index (χ3v) is 3.89. The van der Waals surface area contributed by atoms with Crippen LogP contribution in [0.25, 0.3) is 0 Å². The molecular formula is C15H25NO2. The highest BCUT2D eigenvalue weighted by molar-refractivity contribution is 5.13. The Morgan fingerprint density at radius 2 is 1.83 bits per heavy atom. The molecule has 1 saturated heterocycles. The number of ether oxygens (including phenoxy) is 1. The highest BCUT2D eigenvalue weighted by atomic mass is 16.5. The van der Waals surface area contributed by atoms with Crippen molar-refractivity contribution in [2.45, 2.75) is 70.6 Å². The summed E-state index contributed by atoms with van der Waals surface area (Å²) < 4.78 is 6.12. The number of piperidine rings is 1. The van der Waals surface area contributed by atoms with Gasteiger partial charge in [0, 0.05) is 30.3 Å². The molecule has 1 fully saturated rings. The van der Waals surface area contributed by atoms with Gasteiger partial charge in [-0.1, -0.05) is 12.2 Å². The van der Waals surface area contributed by atoms with E-state index in [4.69, 9.17) is 4.74 Å². The molecule has 102 valence electrons. The fraction of sp³-hybridized carbons (Fsp3) is 0.733. The minimum absolute atomic E-state index is 0.191. The summed E-state index contributed by atoms with van der Waals surface area (Å²) >= 11 is 0. The van der Waals surface area contributed by atoms with Gasteiger partial charge in [0.15, 0.2) is 0 Å². The molecule has 0 atom stereocenters. The molecule has 0 amide bonds. The third-order valence-electron chi connectivity index (χ3n) is 3.89. The largest absolute Gasteiger partial charge is 0.495 e. The van der Waals surface area contributed by atoms with Gasteiger partial charge >= 0.3 is 0 Å². The van der Waals surface area contributed by atoms with Gasteiger partial charge in [-0.25, -0.2) is 0 Å². The molecule has 1 aliphatic carbocycles. The van der Waals surface area contributed by atoms with E-state index in [1.807, 2.05) is 0 Å². The Bertz CT molecular complexity index is 351. The first kappa shape index (κ1) is 13.6. The third kappa shape index (κ3) is 2.78. The first-order valence-electron chi connectivity index (χ1n) is 6.83. The molecule has 2 rings (SSSR count). The summed E-state index contributed by atoms with van der Waals surface area (Å²) in [5, 5.41) is 11.7. The van der Waals surface area contributed by atoms with Crippen LogP contribution in [0.1, 0.15) is 53.4 Å². The fourth-order valence-corrected chi connectivity index (χ4v) is 3.15. The van der Waals surface area contributed by atoms with Crippen molar-refractivity contribution in [3.8, 4) is 0 Å². The van der Waals surface area contributed by atoms with Gasteiger partial charge in [-0.15, -0.1) is 0 Å². The molecule has 0 bridgehead atoms. The minimum Gasteiger partial charge on any atom is -0.495 e.